The molecule has 1 amide bonds. The third-order valence-corrected chi connectivity index (χ3v) is 9.22. The maximum Gasteiger partial charge on any atom is 0.241 e. The quantitative estimate of drug-likeness (QED) is 0.281. The van der Waals surface area contributed by atoms with Crippen LogP contribution in [0.1, 0.15) is 44.9 Å². The number of nitrogens with one attached hydrogen (secondary N) is 4. The molecule has 33 heavy (non-hydrogen) atoms. The van der Waals surface area contributed by atoms with E-state index in [0.29, 0.717) is 26.1 Å². The number of hydrogen-bond acceptors (Lipinski definition) is 7. The molecule has 2 heterocycles. The summed E-state index contributed by atoms with van der Waals surface area (Å²) in [4.78, 5) is 17.2. The Bertz CT molecular complexity index is 766. The van der Waals surface area contributed by atoms with Crippen molar-refractivity contribution in [2.45, 2.75) is 68.8 Å². The van der Waals surface area contributed by atoms with E-state index in [-0.39, 0.29) is 29.9 Å². The van der Waals surface area contributed by atoms with Crippen LogP contribution in [-0.4, -0.2) is 81.7 Å². The fraction of sp³-hybridized carbons (Fsp3) is 0.952. The van der Waals surface area contributed by atoms with Gasteiger partial charge in [-0.05, 0) is 37.5 Å². The topological polar surface area (TPSA) is 112 Å². The summed E-state index contributed by atoms with van der Waals surface area (Å²) in [5.41, 5.74) is 2.27. The van der Waals surface area contributed by atoms with Crippen molar-refractivity contribution in [1.29, 1.82) is 0 Å². The van der Waals surface area contributed by atoms with Crippen LogP contribution in [0.3, 0.4) is 0 Å². The van der Waals surface area contributed by atoms with Gasteiger partial charge >= 0.3 is 0 Å². The van der Waals surface area contributed by atoms with E-state index in [2.05, 4.69) is 25.8 Å². The van der Waals surface area contributed by atoms with Crippen LogP contribution in [0.25, 0.3) is 0 Å². The number of ether oxygens (including phenoxy) is 1. The Morgan fingerprint density at radius 3 is 2.70 bits per heavy atom. The summed E-state index contributed by atoms with van der Waals surface area (Å²) in [6.07, 6.45) is 4.28. The minimum Gasteiger partial charge on any atom is -0.361 e. The average Bonchev–Trinajstić information content (AvgIpc) is 3.47. The number of carbonyl (C=O) groups excluding carboxylic acids is 1. The summed E-state index contributed by atoms with van der Waals surface area (Å²) in [7, 11) is -3.67. The average molecular weight is 510 g/mol. The number of rotatable bonds is 8. The lowest BCUT2D eigenvalue weighted by Crippen LogP contribution is -2.52. The molecule has 190 valence electrons. The van der Waals surface area contributed by atoms with Crippen molar-refractivity contribution in [2.24, 2.45) is 17.8 Å². The number of halogens is 2. The first kappa shape index (κ1) is 25.5. The van der Waals surface area contributed by atoms with Crippen molar-refractivity contribution < 1.29 is 22.3 Å². The number of sulfonamides is 1. The Balaban J connectivity index is 1.27. The normalized spacial score (nSPS) is 36.8. The molecule has 4 N–H and O–H groups in total. The third kappa shape index (κ3) is 6.99. The standard InChI is InChI=1S/C21H37ClFN5O4S/c22-17-9-15(18-10-28(13-25-18)11-19-24-6-7-32-19)8-16(20(17)23)21(29)26-27-33(30,31)12-14-4-2-1-3-5-14/h14-20,24-25,27H,1-13H2,(H,26,29). The van der Waals surface area contributed by atoms with Gasteiger partial charge in [0.15, 0.2) is 0 Å². The van der Waals surface area contributed by atoms with Crippen LogP contribution in [0.4, 0.5) is 4.39 Å². The molecule has 0 aromatic rings. The molecule has 0 spiro atoms. The monoisotopic (exact) mass is 509 g/mol. The fourth-order valence-electron chi connectivity index (χ4n) is 5.67. The van der Waals surface area contributed by atoms with Gasteiger partial charge in [0, 0.05) is 32.3 Å². The van der Waals surface area contributed by atoms with Gasteiger partial charge in [-0.15, -0.1) is 16.4 Å². The van der Waals surface area contributed by atoms with E-state index in [0.717, 1.165) is 51.7 Å². The first-order valence-corrected chi connectivity index (χ1v) is 14.3. The first-order valence-electron chi connectivity index (χ1n) is 12.2. The van der Waals surface area contributed by atoms with Gasteiger partial charge in [0.25, 0.3) is 0 Å². The van der Waals surface area contributed by atoms with Crippen LogP contribution >= 0.6 is 11.6 Å². The van der Waals surface area contributed by atoms with E-state index in [1.165, 1.54) is 0 Å². The molecule has 6 unspecified atom stereocenters. The molecule has 9 nitrogen and oxygen atoms in total. The summed E-state index contributed by atoms with van der Waals surface area (Å²) in [6, 6.07) is 0.0958. The van der Waals surface area contributed by atoms with Gasteiger partial charge in [-0.3, -0.25) is 25.8 Å². The fourth-order valence-corrected chi connectivity index (χ4v) is 7.37. The lowest BCUT2D eigenvalue weighted by molar-refractivity contribution is -0.129. The minimum atomic E-state index is -3.67. The maximum absolute atomic E-state index is 14.9. The molecule has 0 aromatic carbocycles. The van der Waals surface area contributed by atoms with Gasteiger partial charge in [0.05, 0.1) is 23.7 Å². The lowest BCUT2D eigenvalue weighted by atomic mass is 9.76. The zero-order valence-electron chi connectivity index (χ0n) is 19.0. The number of nitrogens with zero attached hydrogens (tertiary/aromatic N) is 1. The smallest absolute Gasteiger partial charge is 0.241 e. The van der Waals surface area contributed by atoms with Crippen molar-refractivity contribution in [3.8, 4) is 0 Å². The highest BCUT2D eigenvalue weighted by molar-refractivity contribution is 7.89. The Hall–Kier alpha value is -0.560. The molecule has 2 aliphatic heterocycles. The zero-order chi connectivity index (χ0) is 23.4. The van der Waals surface area contributed by atoms with Crippen LogP contribution in [0, 0.1) is 17.8 Å². The molecular weight excluding hydrogens is 473 g/mol. The van der Waals surface area contributed by atoms with Crippen LogP contribution in [0.5, 0.6) is 0 Å². The van der Waals surface area contributed by atoms with Gasteiger partial charge in [0.2, 0.25) is 15.9 Å². The van der Waals surface area contributed by atoms with Crippen molar-refractivity contribution in [3.05, 3.63) is 0 Å². The van der Waals surface area contributed by atoms with Gasteiger partial charge < -0.3 is 4.74 Å². The Morgan fingerprint density at radius 2 is 1.97 bits per heavy atom. The van der Waals surface area contributed by atoms with Crippen LogP contribution < -0.4 is 20.9 Å². The molecule has 2 aliphatic carbocycles. The molecular formula is C21H37ClFN5O4S. The van der Waals surface area contributed by atoms with Crippen molar-refractivity contribution >= 4 is 27.5 Å². The van der Waals surface area contributed by atoms with Gasteiger partial charge in [0.1, 0.15) is 12.4 Å². The van der Waals surface area contributed by atoms with Crippen molar-refractivity contribution in [1.82, 2.24) is 25.8 Å². The Morgan fingerprint density at radius 1 is 1.18 bits per heavy atom. The van der Waals surface area contributed by atoms with E-state index in [1.54, 1.807) is 0 Å². The van der Waals surface area contributed by atoms with E-state index >= 15 is 0 Å². The number of hydrogen-bond donors (Lipinski definition) is 4. The molecule has 6 atom stereocenters. The molecule has 0 bridgehead atoms. The second-order valence-electron chi connectivity index (χ2n) is 9.99. The Labute approximate surface area is 200 Å². The van der Waals surface area contributed by atoms with Crippen molar-refractivity contribution in [2.75, 3.05) is 38.7 Å². The highest BCUT2D eigenvalue weighted by Gasteiger charge is 2.45. The predicted octanol–water partition coefficient (Wildman–Crippen LogP) is 0.666. The number of hydrazine groups is 1. The molecule has 0 radical (unpaired) electrons. The first-order chi connectivity index (χ1) is 15.8. The van der Waals surface area contributed by atoms with Crippen LogP contribution in [-0.2, 0) is 19.6 Å². The van der Waals surface area contributed by atoms with Crippen LogP contribution in [0.2, 0.25) is 0 Å². The second-order valence-corrected chi connectivity index (χ2v) is 12.3. The molecule has 2 saturated carbocycles. The predicted molar refractivity (Wildman–Crippen MR) is 123 cm³/mol. The molecule has 0 aromatic heterocycles. The maximum atomic E-state index is 14.9. The Kier molecular flexibility index (Phi) is 8.86. The summed E-state index contributed by atoms with van der Waals surface area (Å²) in [5, 5.41) is 5.98. The number of carbonyl (C=O) groups is 1. The van der Waals surface area contributed by atoms with Gasteiger partial charge in [-0.2, -0.15) is 0 Å². The lowest BCUT2D eigenvalue weighted by Gasteiger charge is -2.37. The highest BCUT2D eigenvalue weighted by Crippen LogP contribution is 2.37. The third-order valence-electron chi connectivity index (χ3n) is 7.48. The highest BCUT2D eigenvalue weighted by atomic mass is 35.5. The summed E-state index contributed by atoms with van der Waals surface area (Å²) in [6.45, 7) is 3.80. The molecule has 2 saturated heterocycles. The summed E-state index contributed by atoms with van der Waals surface area (Å²) < 4.78 is 45.3. The minimum absolute atomic E-state index is 0.0147. The molecule has 4 aliphatic rings. The number of amides is 1. The summed E-state index contributed by atoms with van der Waals surface area (Å²) >= 11 is 6.31. The van der Waals surface area contributed by atoms with Gasteiger partial charge in [-0.1, -0.05) is 19.3 Å². The largest absolute Gasteiger partial charge is 0.361 e. The molecule has 4 fully saturated rings. The van der Waals surface area contributed by atoms with E-state index in [9.17, 15) is 17.6 Å². The molecule has 12 heteroatoms. The van der Waals surface area contributed by atoms with Gasteiger partial charge in [-0.25, -0.2) is 12.8 Å². The molecule has 4 rings (SSSR count). The number of alkyl halides is 2. The van der Waals surface area contributed by atoms with E-state index < -0.39 is 33.4 Å². The van der Waals surface area contributed by atoms with E-state index in [1.807, 2.05) is 0 Å². The zero-order valence-corrected chi connectivity index (χ0v) is 20.6. The summed E-state index contributed by atoms with van der Waals surface area (Å²) in [5.74, 6) is -1.52. The van der Waals surface area contributed by atoms with Crippen LogP contribution in [0.15, 0.2) is 0 Å². The SMILES string of the molecule is O=C(NNS(=O)(=O)CC1CCCCC1)C1CC(C2CN(CC3NCCO3)CN2)CC(Cl)C1F. The second kappa shape index (κ2) is 11.5. The van der Waals surface area contributed by atoms with Crippen molar-refractivity contribution in [3.63, 3.8) is 0 Å². The van der Waals surface area contributed by atoms with E-state index in [4.69, 9.17) is 16.3 Å².